The summed E-state index contributed by atoms with van der Waals surface area (Å²) in [6.45, 7) is 5.59. The minimum Gasteiger partial charge on any atom is -0.379 e. The van der Waals surface area contributed by atoms with Crippen molar-refractivity contribution >= 4 is 34.4 Å². The third-order valence-electron chi connectivity index (χ3n) is 5.81. The third kappa shape index (κ3) is 4.99. The van der Waals surface area contributed by atoms with Gasteiger partial charge in [-0.3, -0.25) is 4.79 Å². The zero-order valence-corrected chi connectivity index (χ0v) is 18.8. The van der Waals surface area contributed by atoms with Gasteiger partial charge in [0, 0.05) is 31.7 Å². The molecule has 1 amide bonds. The van der Waals surface area contributed by atoms with Crippen molar-refractivity contribution in [2.45, 2.75) is 38.6 Å². The van der Waals surface area contributed by atoms with Crippen LogP contribution in [-0.2, 0) is 11.2 Å². The van der Waals surface area contributed by atoms with Crippen molar-refractivity contribution in [2.24, 2.45) is 0 Å². The van der Waals surface area contributed by atoms with Crippen molar-refractivity contribution in [1.29, 1.82) is 0 Å². The number of carbonyl (C=O) groups is 1. The summed E-state index contributed by atoms with van der Waals surface area (Å²) in [6.07, 6.45) is 5.40. The second-order valence-electron chi connectivity index (χ2n) is 8.07. The molecule has 2 aromatic heterocycles. The Labute approximate surface area is 187 Å². The first-order valence-electron chi connectivity index (χ1n) is 10.9. The van der Waals surface area contributed by atoms with Crippen LogP contribution in [0.2, 0.25) is 5.02 Å². The second kappa shape index (κ2) is 9.66. The minimum absolute atomic E-state index is 0.00780. The standard InChI is InChI=1S/C23H29ClN6O/c1-3-10-30-11-8-17(9-12-30)27-20-18(24)14-26-23-21(20)28-22(29-23)16-6-4-15(5-7-16)13-19(31)25-2/h4-7,14,17H,3,8-13H2,1-2H3,(H,25,31)(H2,26,27,28,29). The predicted molar refractivity (Wildman–Crippen MR) is 125 cm³/mol. The van der Waals surface area contributed by atoms with E-state index >= 15 is 0 Å². The number of pyridine rings is 1. The fourth-order valence-electron chi connectivity index (χ4n) is 4.08. The van der Waals surface area contributed by atoms with Crippen molar-refractivity contribution in [3.63, 3.8) is 0 Å². The van der Waals surface area contributed by atoms with Gasteiger partial charge in [0.2, 0.25) is 5.91 Å². The molecular weight excluding hydrogens is 412 g/mol. The molecule has 1 fully saturated rings. The van der Waals surface area contributed by atoms with Gasteiger partial charge in [0.15, 0.2) is 5.65 Å². The highest BCUT2D eigenvalue weighted by atomic mass is 35.5. The molecule has 1 saturated heterocycles. The van der Waals surface area contributed by atoms with E-state index in [-0.39, 0.29) is 5.91 Å². The van der Waals surface area contributed by atoms with E-state index < -0.39 is 0 Å². The largest absolute Gasteiger partial charge is 0.379 e. The summed E-state index contributed by atoms with van der Waals surface area (Å²) in [5.74, 6) is 0.726. The number of fused-ring (bicyclic) bond motifs is 1. The van der Waals surface area contributed by atoms with Crippen LogP contribution < -0.4 is 10.6 Å². The Morgan fingerprint density at radius 1 is 1.26 bits per heavy atom. The van der Waals surface area contributed by atoms with Crippen molar-refractivity contribution in [3.05, 3.63) is 41.0 Å². The van der Waals surface area contributed by atoms with Crippen LogP contribution in [0.1, 0.15) is 31.7 Å². The first kappa shape index (κ1) is 21.6. The van der Waals surface area contributed by atoms with Crippen LogP contribution in [0.15, 0.2) is 30.5 Å². The number of nitrogens with zero attached hydrogens (tertiary/aromatic N) is 3. The number of carbonyl (C=O) groups excluding carboxylic acids is 1. The van der Waals surface area contributed by atoms with Crippen molar-refractivity contribution in [3.8, 4) is 11.4 Å². The summed E-state index contributed by atoms with van der Waals surface area (Å²) >= 11 is 6.51. The summed E-state index contributed by atoms with van der Waals surface area (Å²) in [5.41, 5.74) is 4.21. The van der Waals surface area contributed by atoms with Gasteiger partial charge in [-0.05, 0) is 31.4 Å². The number of aromatic nitrogens is 3. The number of anilines is 1. The molecule has 0 unspecified atom stereocenters. The SMILES string of the molecule is CCCN1CCC(Nc2c(Cl)cnc3[nH]c(-c4ccc(CC(=O)NC)cc4)nc23)CC1. The number of amides is 1. The molecule has 4 rings (SSSR count). The van der Waals surface area contributed by atoms with Gasteiger partial charge in [-0.25, -0.2) is 9.97 Å². The van der Waals surface area contributed by atoms with Crippen LogP contribution in [-0.4, -0.2) is 58.5 Å². The molecule has 0 spiro atoms. The molecule has 1 aromatic carbocycles. The monoisotopic (exact) mass is 440 g/mol. The number of rotatable bonds is 7. The van der Waals surface area contributed by atoms with Gasteiger partial charge in [-0.1, -0.05) is 42.8 Å². The molecule has 8 heteroatoms. The first-order valence-corrected chi connectivity index (χ1v) is 11.3. The predicted octanol–water partition coefficient (Wildman–Crippen LogP) is 3.85. The summed E-state index contributed by atoms with van der Waals surface area (Å²) < 4.78 is 0. The number of likely N-dealkylation sites (tertiary alicyclic amines) is 1. The number of halogens is 1. The summed E-state index contributed by atoms with van der Waals surface area (Å²) in [4.78, 5) is 26.6. The zero-order valence-electron chi connectivity index (χ0n) is 18.0. The zero-order chi connectivity index (χ0) is 21.8. The van der Waals surface area contributed by atoms with Crippen LogP contribution in [0, 0.1) is 0 Å². The molecule has 3 N–H and O–H groups in total. The maximum absolute atomic E-state index is 11.6. The van der Waals surface area contributed by atoms with Gasteiger partial charge in [-0.15, -0.1) is 0 Å². The normalized spacial score (nSPS) is 15.3. The Morgan fingerprint density at radius 3 is 2.68 bits per heavy atom. The molecule has 3 heterocycles. The smallest absolute Gasteiger partial charge is 0.224 e. The molecule has 0 saturated carbocycles. The first-order chi connectivity index (χ1) is 15.1. The average molecular weight is 441 g/mol. The van der Waals surface area contributed by atoms with Crippen molar-refractivity contribution < 1.29 is 4.79 Å². The van der Waals surface area contributed by atoms with E-state index in [9.17, 15) is 4.79 Å². The van der Waals surface area contributed by atoms with E-state index in [1.165, 1.54) is 6.42 Å². The number of hydrogen-bond donors (Lipinski definition) is 3. The summed E-state index contributed by atoms with van der Waals surface area (Å²) in [6, 6.07) is 8.20. The summed E-state index contributed by atoms with van der Waals surface area (Å²) in [7, 11) is 1.64. The molecule has 0 aliphatic carbocycles. The Hall–Kier alpha value is -2.64. The van der Waals surface area contributed by atoms with Gasteiger partial charge in [0.25, 0.3) is 0 Å². The molecule has 1 aliphatic rings. The fourth-order valence-corrected chi connectivity index (χ4v) is 4.27. The lowest BCUT2D eigenvalue weighted by molar-refractivity contribution is -0.119. The Kier molecular flexibility index (Phi) is 6.73. The van der Waals surface area contributed by atoms with E-state index in [1.807, 2.05) is 24.3 Å². The number of H-pyrrole nitrogens is 1. The summed E-state index contributed by atoms with van der Waals surface area (Å²) in [5, 5.41) is 6.86. The quantitative estimate of drug-likeness (QED) is 0.519. The highest BCUT2D eigenvalue weighted by Gasteiger charge is 2.21. The number of nitrogens with one attached hydrogen (secondary N) is 3. The molecule has 7 nitrogen and oxygen atoms in total. The molecular formula is C23H29ClN6O. The van der Waals surface area contributed by atoms with Gasteiger partial charge >= 0.3 is 0 Å². The van der Waals surface area contributed by atoms with Crippen LogP contribution in [0.4, 0.5) is 5.69 Å². The van der Waals surface area contributed by atoms with Crippen LogP contribution in [0.5, 0.6) is 0 Å². The maximum Gasteiger partial charge on any atom is 0.224 e. The third-order valence-corrected chi connectivity index (χ3v) is 6.10. The van der Waals surface area contributed by atoms with Gasteiger partial charge in [-0.2, -0.15) is 0 Å². The topological polar surface area (TPSA) is 85.9 Å². The average Bonchev–Trinajstić information content (AvgIpc) is 3.22. The second-order valence-corrected chi connectivity index (χ2v) is 8.48. The van der Waals surface area contributed by atoms with Crippen LogP contribution >= 0.6 is 11.6 Å². The molecule has 31 heavy (non-hydrogen) atoms. The molecule has 0 radical (unpaired) electrons. The number of hydrogen-bond acceptors (Lipinski definition) is 5. The molecule has 1 aliphatic heterocycles. The van der Waals surface area contributed by atoms with Gasteiger partial charge < -0.3 is 20.5 Å². The highest BCUT2D eigenvalue weighted by molar-refractivity contribution is 6.34. The number of benzene rings is 1. The number of imidazole rings is 1. The minimum atomic E-state index is -0.00780. The Bertz CT molecular complexity index is 1040. The highest BCUT2D eigenvalue weighted by Crippen LogP contribution is 2.32. The fraction of sp³-hybridized carbons (Fsp3) is 0.435. The lowest BCUT2D eigenvalue weighted by Crippen LogP contribution is -2.39. The van der Waals surface area contributed by atoms with Crippen LogP contribution in [0.3, 0.4) is 0 Å². The van der Waals surface area contributed by atoms with E-state index in [4.69, 9.17) is 16.6 Å². The molecule has 164 valence electrons. The van der Waals surface area contributed by atoms with Gasteiger partial charge in [0.05, 0.1) is 23.3 Å². The molecule has 0 bridgehead atoms. The molecule has 0 atom stereocenters. The number of piperidine rings is 1. The van der Waals surface area contributed by atoms with E-state index in [1.54, 1.807) is 13.2 Å². The van der Waals surface area contributed by atoms with E-state index in [2.05, 4.69) is 32.4 Å². The molecule has 3 aromatic rings. The van der Waals surface area contributed by atoms with Crippen molar-refractivity contribution in [2.75, 3.05) is 32.0 Å². The number of likely N-dealkylation sites (N-methyl/N-ethyl adjacent to an activating group) is 1. The number of aromatic amines is 1. The van der Waals surface area contributed by atoms with Gasteiger partial charge in [0.1, 0.15) is 11.3 Å². The van der Waals surface area contributed by atoms with E-state index in [0.29, 0.717) is 23.1 Å². The lowest BCUT2D eigenvalue weighted by atomic mass is 10.0. The Morgan fingerprint density at radius 2 is 2.00 bits per heavy atom. The van der Waals surface area contributed by atoms with Crippen LogP contribution in [0.25, 0.3) is 22.6 Å². The lowest BCUT2D eigenvalue weighted by Gasteiger charge is -2.32. The van der Waals surface area contributed by atoms with E-state index in [0.717, 1.165) is 60.6 Å². The maximum atomic E-state index is 11.6. The van der Waals surface area contributed by atoms with Crippen molar-refractivity contribution in [1.82, 2.24) is 25.2 Å². The Balaban J connectivity index is 1.54.